The summed E-state index contributed by atoms with van der Waals surface area (Å²) in [5.41, 5.74) is 0.785. The summed E-state index contributed by atoms with van der Waals surface area (Å²) in [5.74, 6) is 4.99. The maximum atomic E-state index is 2.52. The molecule has 0 heterocycles. The minimum Gasteiger partial charge on any atom is -0.0651 e. The SMILES string of the molecule is CCC(C)C1C(C)C2(CC(C)C2)C1C. The van der Waals surface area contributed by atoms with E-state index in [1.54, 1.807) is 0 Å². The Bertz CT molecular complexity index is 200. The Labute approximate surface area is 89.5 Å². The van der Waals surface area contributed by atoms with Crippen molar-refractivity contribution in [3.05, 3.63) is 0 Å². The molecule has 2 aliphatic carbocycles. The van der Waals surface area contributed by atoms with Crippen molar-refractivity contribution in [1.29, 1.82) is 0 Å². The highest BCUT2D eigenvalue weighted by molar-refractivity contribution is 5.10. The fourth-order valence-corrected chi connectivity index (χ4v) is 4.73. The van der Waals surface area contributed by atoms with Gasteiger partial charge in [0.1, 0.15) is 0 Å². The second kappa shape index (κ2) is 3.25. The molecule has 0 bridgehead atoms. The molecule has 0 aromatic carbocycles. The zero-order valence-corrected chi connectivity index (χ0v) is 10.5. The van der Waals surface area contributed by atoms with Crippen molar-refractivity contribution < 1.29 is 0 Å². The molecule has 1 spiro atoms. The van der Waals surface area contributed by atoms with Gasteiger partial charge in [-0.05, 0) is 47.8 Å². The molecular formula is C14H26. The van der Waals surface area contributed by atoms with Gasteiger partial charge in [-0.2, -0.15) is 0 Å². The van der Waals surface area contributed by atoms with Crippen molar-refractivity contribution >= 4 is 0 Å². The zero-order valence-electron chi connectivity index (χ0n) is 10.5. The third-order valence-corrected chi connectivity index (χ3v) is 5.73. The standard InChI is InChI=1S/C14H26/c1-6-10(3)13-11(4)14(12(13)5)7-9(2)8-14/h9-13H,6-8H2,1-5H3. The summed E-state index contributed by atoms with van der Waals surface area (Å²) in [7, 11) is 0. The van der Waals surface area contributed by atoms with Crippen molar-refractivity contribution in [3.8, 4) is 0 Å². The first-order valence-electron chi connectivity index (χ1n) is 6.53. The molecule has 3 unspecified atom stereocenters. The Kier molecular flexibility index (Phi) is 2.44. The van der Waals surface area contributed by atoms with Crippen LogP contribution in [0.4, 0.5) is 0 Å². The lowest BCUT2D eigenvalue weighted by Gasteiger charge is -2.68. The first kappa shape index (κ1) is 10.5. The topological polar surface area (TPSA) is 0 Å². The Morgan fingerprint density at radius 1 is 1.14 bits per heavy atom. The van der Waals surface area contributed by atoms with Gasteiger partial charge in [-0.1, -0.05) is 41.0 Å². The van der Waals surface area contributed by atoms with Crippen LogP contribution in [0, 0.1) is 35.0 Å². The number of rotatable bonds is 2. The molecule has 0 N–H and O–H groups in total. The quantitative estimate of drug-likeness (QED) is 0.613. The molecule has 0 radical (unpaired) electrons. The predicted molar refractivity (Wildman–Crippen MR) is 62.1 cm³/mol. The average Bonchev–Trinajstić information content (AvgIpc) is 2.12. The molecule has 0 nitrogen and oxygen atoms in total. The molecule has 14 heavy (non-hydrogen) atoms. The van der Waals surface area contributed by atoms with Crippen molar-refractivity contribution in [2.75, 3.05) is 0 Å². The lowest BCUT2D eigenvalue weighted by atomic mass is 9.36. The average molecular weight is 194 g/mol. The van der Waals surface area contributed by atoms with Crippen molar-refractivity contribution in [2.45, 2.75) is 53.9 Å². The Morgan fingerprint density at radius 2 is 1.64 bits per heavy atom. The van der Waals surface area contributed by atoms with Gasteiger partial charge in [-0.3, -0.25) is 0 Å². The second-order valence-electron chi connectivity index (χ2n) is 6.29. The monoisotopic (exact) mass is 194 g/mol. The minimum absolute atomic E-state index is 0.785. The third kappa shape index (κ3) is 1.12. The van der Waals surface area contributed by atoms with E-state index >= 15 is 0 Å². The van der Waals surface area contributed by atoms with Gasteiger partial charge in [0.15, 0.2) is 0 Å². The molecule has 0 aliphatic heterocycles. The number of hydrogen-bond acceptors (Lipinski definition) is 0. The second-order valence-corrected chi connectivity index (χ2v) is 6.29. The van der Waals surface area contributed by atoms with E-state index in [1.165, 1.54) is 19.3 Å². The molecular weight excluding hydrogens is 168 g/mol. The maximum Gasteiger partial charge on any atom is -0.0235 e. The fraction of sp³-hybridized carbons (Fsp3) is 1.00. The van der Waals surface area contributed by atoms with Gasteiger partial charge in [0.05, 0.1) is 0 Å². The molecule has 0 aromatic heterocycles. The lowest BCUT2D eigenvalue weighted by Crippen LogP contribution is -2.62. The van der Waals surface area contributed by atoms with Crippen LogP contribution in [0.2, 0.25) is 0 Å². The summed E-state index contributed by atoms with van der Waals surface area (Å²) in [5, 5.41) is 0. The summed E-state index contributed by atoms with van der Waals surface area (Å²) >= 11 is 0. The fourth-order valence-electron chi connectivity index (χ4n) is 4.73. The first-order chi connectivity index (χ1) is 6.53. The predicted octanol–water partition coefficient (Wildman–Crippen LogP) is 4.35. The third-order valence-electron chi connectivity index (χ3n) is 5.73. The van der Waals surface area contributed by atoms with E-state index in [-0.39, 0.29) is 0 Å². The maximum absolute atomic E-state index is 2.52. The lowest BCUT2D eigenvalue weighted by molar-refractivity contribution is -0.198. The Hall–Kier alpha value is 0. The highest BCUT2D eigenvalue weighted by atomic mass is 14.7. The van der Waals surface area contributed by atoms with Crippen LogP contribution in [0.15, 0.2) is 0 Å². The van der Waals surface area contributed by atoms with Crippen LogP contribution < -0.4 is 0 Å². The minimum atomic E-state index is 0.785. The van der Waals surface area contributed by atoms with E-state index in [0.29, 0.717) is 0 Å². The van der Waals surface area contributed by atoms with Crippen LogP contribution in [0.3, 0.4) is 0 Å². The van der Waals surface area contributed by atoms with E-state index in [1.807, 2.05) is 0 Å². The van der Waals surface area contributed by atoms with Gasteiger partial charge in [0.2, 0.25) is 0 Å². The smallest absolute Gasteiger partial charge is 0.0235 e. The molecule has 2 rings (SSSR count). The molecule has 2 fully saturated rings. The van der Waals surface area contributed by atoms with E-state index in [9.17, 15) is 0 Å². The largest absolute Gasteiger partial charge is 0.0651 e. The van der Waals surface area contributed by atoms with Gasteiger partial charge in [0, 0.05) is 0 Å². The highest BCUT2D eigenvalue weighted by Gasteiger charge is 2.62. The molecule has 0 amide bonds. The summed E-state index contributed by atoms with van der Waals surface area (Å²) < 4.78 is 0. The Balaban J connectivity index is 2.02. The van der Waals surface area contributed by atoms with Crippen molar-refractivity contribution in [3.63, 3.8) is 0 Å². The van der Waals surface area contributed by atoms with Gasteiger partial charge in [-0.15, -0.1) is 0 Å². The molecule has 0 aromatic rings. The van der Waals surface area contributed by atoms with Crippen LogP contribution in [-0.2, 0) is 0 Å². The number of hydrogen-bond donors (Lipinski definition) is 0. The molecule has 3 atom stereocenters. The molecule has 2 aliphatic rings. The Morgan fingerprint density at radius 3 is 2.00 bits per heavy atom. The summed E-state index contributed by atoms with van der Waals surface area (Å²) in [6.07, 6.45) is 4.40. The van der Waals surface area contributed by atoms with Crippen LogP contribution in [0.5, 0.6) is 0 Å². The zero-order chi connectivity index (χ0) is 10.5. The van der Waals surface area contributed by atoms with E-state index in [2.05, 4.69) is 34.6 Å². The van der Waals surface area contributed by atoms with Crippen LogP contribution in [0.25, 0.3) is 0 Å². The van der Waals surface area contributed by atoms with Crippen LogP contribution >= 0.6 is 0 Å². The molecule has 0 heteroatoms. The van der Waals surface area contributed by atoms with E-state index in [0.717, 1.165) is 35.0 Å². The van der Waals surface area contributed by atoms with Gasteiger partial charge in [0.25, 0.3) is 0 Å². The van der Waals surface area contributed by atoms with Gasteiger partial charge >= 0.3 is 0 Å². The van der Waals surface area contributed by atoms with Crippen LogP contribution in [0.1, 0.15) is 53.9 Å². The summed E-state index contributed by atoms with van der Waals surface area (Å²) in [4.78, 5) is 0. The molecule has 82 valence electrons. The van der Waals surface area contributed by atoms with Crippen molar-refractivity contribution in [1.82, 2.24) is 0 Å². The van der Waals surface area contributed by atoms with E-state index in [4.69, 9.17) is 0 Å². The van der Waals surface area contributed by atoms with E-state index < -0.39 is 0 Å². The van der Waals surface area contributed by atoms with Gasteiger partial charge < -0.3 is 0 Å². The van der Waals surface area contributed by atoms with Crippen LogP contribution in [-0.4, -0.2) is 0 Å². The first-order valence-corrected chi connectivity index (χ1v) is 6.53. The highest BCUT2D eigenvalue weighted by Crippen LogP contribution is 2.69. The van der Waals surface area contributed by atoms with Crippen molar-refractivity contribution in [2.24, 2.45) is 35.0 Å². The summed E-state index contributed by atoms with van der Waals surface area (Å²) in [6.45, 7) is 12.2. The summed E-state index contributed by atoms with van der Waals surface area (Å²) in [6, 6.07) is 0. The molecule has 0 saturated heterocycles. The van der Waals surface area contributed by atoms with Gasteiger partial charge in [-0.25, -0.2) is 0 Å². The molecule has 2 saturated carbocycles. The normalized spacial score (nSPS) is 53.8.